The maximum absolute atomic E-state index is 13.5. The summed E-state index contributed by atoms with van der Waals surface area (Å²) < 4.78 is 9.97. The minimum absolute atomic E-state index is 0.0951. The van der Waals surface area contributed by atoms with Gasteiger partial charge in [0.15, 0.2) is 5.65 Å². The first-order chi connectivity index (χ1) is 29.2. The topological polar surface area (TPSA) is 176 Å². The van der Waals surface area contributed by atoms with Gasteiger partial charge in [-0.1, -0.05) is 0 Å². The van der Waals surface area contributed by atoms with Gasteiger partial charge in [-0.05, 0) is 101 Å². The Balaban J connectivity index is 0.729. The van der Waals surface area contributed by atoms with E-state index in [0.29, 0.717) is 52.3 Å². The highest BCUT2D eigenvalue weighted by Gasteiger charge is 2.49. The zero-order chi connectivity index (χ0) is 40.7. The average molecular weight is 811 g/mol. The van der Waals surface area contributed by atoms with Crippen molar-refractivity contribution < 1.29 is 28.7 Å². The summed E-state index contributed by atoms with van der Waals surface area (Å²) in [5, 5.41) is 15.6. The summed E-state index contributed by atoms with van der Waals surface area (Å²) in [6.45, 7) is 4.53. The molecule has 1 atom stereocenters. The predicted molar refractivity (Wildman–Crippen MR) is 219 cm³/mol. The van der Waals surface area contributed by atoms with Crippen LogP contribution in [0.3, 0.4) is 0 Å². The SMILES string of the molecule is O=C1CCC(N2C(=O)c3ccc(N4CC5(CCCN(C6CCC(n7cc8cc(NC(=O)c9cnn%10cccnc9%10)c(OCC9CC9)cc8n7)CC6)C5)C4)cc3C2=O)C(=O)N1. The van der Waals surface area contributed by atoms with Crippen molar-refractivity contribution in [2.24, 2.45) is 11.3 Å². The van der Waals surface area contributed by atoms with Gasteiger partial charge in [0.25, 0.3) is 17.7 Å². The smallest absolute Gasteiger partial charge is 0.262 e. The molecule has 2 aromatic carbocycles. The van der Waals surface area contributed by atoms with E-state index in [9.17, 15) is 24.0 Å². The highest BCUT2D eigenvalue weighted by Crippen LogP contribution is 2.45. The summed E-state index contributed by atoms with van der Waals surface area (Å²) in [7, 11) is 0. The molecule has 308 valence electrons. The Kier molecular flexibility index (Phi) is 8.76. The Morgan fingerprint density at radius 1 is 0.933 bits per heavy atom. The molecule has 7 heterocycles. The lowest BCUT2D eigenvalue weighted by Crippen LogP contribution is -2.64. The number of likely N-dealkylation sites (tertiary alicyclic amines) is 1. The van der Waals surface area contributed by atoms with Gasteiger partial charge >= 0.3 is 0 Å². The molecule has 2 aliphatic carbocycles. The molecule has 5 fully saturated rings. The molecular weight excluding hydrogens is 765 g/mol. The number of ether oxygens (including phenoxy) is 1. The highest BCUT2D eigenvalue weighted by molar-refractivity contribution is 6.23. The second-order valence-corrected chi connectivity index (χ2v) is 17.7. The minimum atomic E-state index is -0.971. The molecule has 60 heavy (non-hydrogen) atoms. The van der Waals surface area contributed by atoms with E-state index in [1.165, 1.54) is 6.20 Å². The number of nitrogens with one attached hydrogen (secondary N) is 2. The van der Waals surface area contributed by atoms with E-state index in [0.717, 1.165) is 99.0 Å². The fourth-order valence-corrected chi connectivity index (χ4v) is 10.3. The quantitative estimate of drug-likeness (QED) is 0.199. The number of anilines is 2. The standard InChI is InChI=1S/C44H46N10O6/c55-38-12-11-36(41(57)48-38)54-42(58)31-10-9-30(18-32(31)43(54)59)51-24-44(25-51)13-1-15-50(23-44)28-5-7-29(8-6-28)53-21-27-17-35(37(19-34(27)49-53)60-22-26-3-4-26)47-40(56)33-20-46-52-16-2-14-45-39(33)52/h2,9-10,14,16-21,26,28-29,36H,1,3-8,11-13,15,22-25H2,(H,47,56)(H,48,55,57). The second-order valence-electron chi connectivity index (χ2n) is 17.7. The monoisotopic (exact) mass is 810 g/mol. The molecule has 2 N–H and O–H groups in total. The minimum Gasteiger partial charge on any atom is -0.491 e. The molecule has 11 rings (SSSR count). The number of rotatable bonds is 9. The van der Waals surface area contributed by atoms with E-state index in [-0.39, 0.29) is 36.1 Å². The van der Waals surface area contributed by atoms with E-state index in [2.05, 4.69) is 41.4 Å². The van der Waals surface area contributed by atoms with Crippen LogP contribution in [0, 0.1) is 11.3 Å². The van der Waals surface area contributed by atoms with Gasteiger partial charge in [-0.15, -0.1) is 0 Å². The molecule has 16 heteroatoms. The molecule has 1 unspecified atom stereocenters. The molecule has 3 aromatic heterocycles. The summed E-state index contributed by atoms with van der Waals surface area (Å²) in [5.74, 6) is -1.07. The van der Waals surface area contributed by atoms with Crippen LogP contribution >= 0.6 is 0 Å². The number of hydrogen-bond acceptors (Lipinski definition) is 11. The Hall–Kier alpha value is -6.16. The number of hydrogen-bond donors (Lipinski definition) is 2. The molecule has 16 nitrogen and oxygen atoms in total. The van der Waals surface area contributed by atoms with Crippen LogP contribution in [0.1, 0.15) is 101 Å². The number of benzene rings is 2. The van der Waals surface area contributed by atoms with Gasteiger partial charge in [0.2, 0.25) is 11.8 Å². The first-order valence-electron chi connectivity index (χ1n) is 21.3. The van der Waals surface area contributed by atoms with E-state index in [1.807, 2.05) is 18.2 Å². The van der Waals surface area contributed by atoms with Crippen molar-refractivity contribution in [1.82, 2.24) is 39.5 Å². The van der Waals surface area contributed by atoms with Gasteiger partial charge in [-0.2, -0.15) is 10.2 Å². The number of aromatic nitrogens is 5. The van der Waals surface area contributed by atoms with Crippen LogP contribution < -0.4 is 20.3 Å². The van der Waals surface area contributed by atoms with Crippen LogP contribution in [-0.2, 0) is 9.59 Å². The van der Waals surface area contributed by atoms with Crippen molar-refractivity contribution in [2.45, 2.75) is 82.3 Å². The van der Waals surface area contributed by atoms with Crippen LogP contribution in [0.4, 0.5) is 11.4 Å². The lowest BCUT2D eigenvalue weighted by molar-refractivity contribution is -0.136. The maximum Gasteiger partial charge on any atom is 0.262 e. The largest absolute Gasteiger partial charge is 0.491 e. The van der Waals surface area contributed by atoms with Crippen LogP contribution in [0.2, 0.25) is 0 Å². The fraction of sp³-hybridized carbons (Fsp3) is 0.455. The first-order valence-corrected chi connectivity index (χ1v) is 21.3. The maximum atomic E-state index is 13.5. The van der Waals surface area contributed by atoms with Crippen molar-refractivity contribution in [3.63, 3.8) is 0 Å². The van der Waals surface area contributed by atoms with Crippen LogP contribution in [0.5, 0.6) is 5.75 Å². The van der Waals surface area contributed by atoms with E-state index >= 15 is 0 Å². The summed E-state index contributed by atoms with van der Waals surface area (Å²) in [6, 6.07) is 10.9. The zero-order valence-corrected chi connectivity index (χ0v) is 33.2. The lowest BCUT2D eigenvalue weighted by atomic mass is 9.72. The number of carbonyl (C=O) groups excluding carboxylic acids is 5. The number of imide groups is 2. The average Bonchev–Trinajstić information content (AvgIpc) is 3.74. The van der Waals surface area contributed by atoms with Crippen LogP contribution in [0.15, 0.2) is 61.2 Å². The summed E-state index contributed by atoms with van der Waals surface area (Å²) in [5.41, 5.74) is 4.06. The molecule has 0 bridgehead atoms. The summed E-state index contributed by atoms with van der Waals surface area (Å²) in [6.07, 6.45) is 16.1. The molecule has 3 saturated heterocycles. The zero-order valence-electron chi connectivity index (χ0n) is 33.2. The second kappa shape index (κ2) is 14.2. The third kappa shape index (κ3) is 6.48. The molecule has 1 spiro atoms. The number of piperidine rings is 2. The van der Waals surface area contributed by atoms with Crippen molar-refractivity contribution in [3.8, 4) is 5.75 Å². The number of amides is 5. The predicted octanol–water partition coefficient (Wildman–Crippen LogP) is 4.61. The van der Waals surface area contributed by atoms with Gasteiger partial charge in [0.05, 0.1) is 41.2 Å². The third-order valence-electron chi connectivity index (χ3n) is 13.7. The molecule has 6 aliphatic rings. The van der Waals surface area contributed by atoms with E-state index < -0.39 is 23.8 Å². The molecule has 0 radical (unpaired) electrons. The van der Waals surface area contributed by atoms with Gasteiger partial charge in [0.1, 0.15) is 17.4 Å². The molecule has 5 amide bonds. The normalized spacial score (nSPS) is 24.2. The number of fused-ring (bicyclic) bond motifs is 3. The number of nitrogens with zero attached hydrogens (tertiary/aromatic N) is 8. The van der Waals surface area contributed by atoms with E-state index in [4.69, 9.17) is 9.84 Å². The fourth-order valence-electron chi connectivity index (χ4n) is 10.3. The van der Waals surface area contributed by atoms with E-state index in [1.54, 1.807) is 35.1 Å². The molecule has 4 aliphatic heterocycles. The first kappa shape index (κ1) is 36.9. The Morgan fingerprint density at radius 3 is 2.57 bits per heavy atom. The Morgan fingerprint density at radius 2 is 1.75 bits per heavy atom. The molecular formula is C44H46N10O6. The Bertz CT molecular complexity index is 2600. The summed E-state index contributed by atoms with van der Waals surface area (Å²) in [4.78, 5) is 74.7. The molecule has 2 saturated carbocycles. The lowest BCUT2D eigenvalue weighted by Gasteiger charge is -2.57. The van der Waals surface area contributed by atoms with Crippen molar-refractivity contribution in [3.05, 3.63) is 77.9 Å². The van der Waals surface area contributed by atoms with Crippen LogP contribution in [-0.4, -0.2) is 109 Å². The van der Waals surface area contributed by atoms with Gasteiger partial charge in [0, 0.05) is 73.2 Å². The third-order valence-corrected chi connectivity index (χ3v) is 13.7. The van der Waals surface area contributed by atoms with Crippen molar-refractivity contribution in [1.29, 1.82) is 0 Å². The van der Waals surface area contributed by atoms with Gasteiger partial charge < -0.3 is 15.0 Å². The number of carbonyl (C=O) groups is 5. The van der Waals surface area contributed by atoms with Gasteiger partial charge in [-0.3, -0.25) is 43.8 Å². The molecule has 5 aromatic rings. The van der Waals surface area contributed by atoms with Crippen LogP contribution in [0.25, 0.3) is 16.6 Å². The Labute approximate surface area is 345 Å². The van der Waals surface area contributed by atoms with Crippen molar-refractivity contribution in [2.75, 3.05) is 43.0 Å². The van der Waals surface area contributed by atoms with Gasteiger partial charge in [-0.25, -0.2) is 9.50 Å². The highest BCUT2D eigenvalue weighted by atomic mass is 16.5. The summed E-state index contributed by atoms with van der Waals surface area (Å²) >= 11 is 0. The van der Waals surface area contributed by atoms with Crippen molar-refractivity contribution >= 4 is 57.5 Å².